The third kappa shape index (κ3) is 5.33. The Morgan fingerprint density at radius 3 is 2.61 bits per heavy atom. The van der Waals surface area contributed by atoms with Gasteiger partial charge in [-0.25, -0.2) is 9.97 Å². The zero-order valence-electron chi connectivity index (χ0n) is 19.8. The minimum Gasteiger partial charge on any atom is -0.435 e. The number of anilines is 1. The lowest BCUT2D eigenvalue weighted by atomic mass is 10.0. The second-order valence-electron chi connectivity index (χ2n) is 8.79. The Morgan fingerprint density at radius 2 is 1.86 bits per heavy atom. The van der Waals surface area contributed by atoms with Crippen LogP contribution < -0.4 is 10.1 Å². The van der Waals surface area contributed by atoms with Gasteiger partial charge in [-0.2, -0.15) is 13.9 Å². The molecule has 1 amide bonds. The fourth-order valence-electron chi connectivity index (χ4n) is 4.43. The van der Waals surface area contributed by atoms with E-state index in [2.05, 4.69) is 30.0 Å². The lowest BCUT2D eigenvalue weighted by Crippen LogP contribution is -2.30. The summed E-state index contributed by atoms with van der Waals surface area (Å²) in [6, 6.07) is 11.4. The fraction of sp³-hybridized carbons (Fsp3) is 0.308. The van der Waals surface area contributed by atoms with Crippen LogP contribution in [0.15, 0.2) is 54.9 Å². The van der Waals surface area contributed by atoms with E-state index in [4.69, 9.17) is 0 Å². The summed E-state index contributed by atoms with van der Waals surface area (Å²) in [6.07, 6.45) is 7.27. The number of halogens is 2. The second-order valence-corrected chi connectivity index (χ2v) is 8.79. The average Bonchev–Trinajstić information content (AvgIpc) is 3.24. The van der Waals surface area contributed by atoms with Crippen LogP contribution in [0.3, 0.4) is 0 Å². The summed E-state index contributed by atoms with van der Waals surface area (Å²) in [5, 5.41) is 8.01. The summed E-state index contributed by atoms with van der Waals surface area (Å²) in [5.74, 6) is -0.325. The van der Waals surface area contributed by atoms with E-state index in [-0.39, 0.29) is 17.3 Å². The molecule has 8 nitrogen and oxygen atoms in total. The molecule has 0 unspecified atom stereocenters. The van der Waals surface area contributed by atoms with Gasteiger partial charge in [0.15, 0.2) is 0 Å². The predicted molar refractivity (Wildman–Crippen MR) is 132 cm³/mol. The van der Waals surface area contributed by atoms with Crippen molar-refractivity contribution in [2.45, 2.75) is 32.4 Å². The van der Waals surface area contributed by atoms with E-state index in [1.807, 2.05) is 36.1 Å². The van der Waals surface area contributed by atoms with Crippen molar-refractivity contribution in [3.63, 3.8) is 0 Å². The first kappa shape index (κ1) is 23.8. The smallest absolute Gasteiger partial charge is 0.387 e. The molecule has 0 radical (unpaired) electrons. The first-order valence-electron chi connectivity index (χ1n) is 11.8. The number of ether oxygens (including phenoxy) is 1. The molecule has 1 aliphatic heterocycles. The van der Waals surface area contributed by atoms with E-state index < -0.39 is 12.5 Å². The number of amides is 1. The molecule has 2 aromatic carbocycles. The molecule has 4 aromatic rings. The van der Waals surface area contributed by atoms with Gasteiger partial charge in [0.25, 0.3) is 5.91 Å². The van der Waals surface area contributed by atoms with Crippen LogP contribution in [0, 0.1) is 0 Å². The summed E-state index contributed by atoms with van der Waals surface area (Å²) in [7, 11) is 1.96. The van der Waals surface area contributed by atoms with E-state index in [0.717, 1.165) is 41.8 Å². The van der Waals surface area contributed by atoms with Crippen LogP contribution in [-0.2, 0) is 13.6 Å². The maximum atomic E-state index is 12.6. The van der Waals surface area contributed by atoms with Crippen molar-refractivity contribution in [1.29, 1.82) is 0 Å². The number of rotatable bonds is 7. The molecule has 5 rings (SSSR count). The molecule has 0 spiro atoms. The van der Waals surface area contributed by atoms with Gasteiger partial charge >= 0.3 is 6.61 Å². The van der Waals surface area contributed by atoms with E-state index in [0.29, 0.717) is 5.52 Å². The quantitative estimate of drug-likeness (QED) is 0.396. The number of nitrogens with one attached hydrogen (secondary N) is 1. The van der Waals surface area contributed by atoms with Crippen LogP contribution >= 0.6 is 0 Å². The van der Waals surface area contributed by atoms with Crippen molar-refractivity contribution in [2.24, 2.45) is 7.05 Å². The van der Waals surface area contributed by atoms with Crippen molar-refractivity contribution in [3.8, 4) is 16.9 Å². The first-order valence-corrected chi connectivity index (χ1v) is 11.8. The van der Waals surface area contributed by atoms with Gasteiger partial charge in [0, 0.05) is 36.3 Å². The monoisotopic (exact) mass is 492 g/mol. The Bertz CT molecular complexity index is 1370. The molecule has 0 saturated carbocycles. The lowest BCUT2D eigenvalue weighted by molar-refractivity contribution is -0.0498. The standard InChI is InChI=1S/C26H26F2N6O2/c1-33-23(16-34-11-3-2-4-12-34)21(15-30-33)18-5-6-19-14-29-26(31-22(19)13-18)32-24(35)17-7-9-20(10-8-17)36-25(27)28/h5-10,13-15,25H,2-4,11-12,16H2,1H3,(H,29,31,32,35). The number of fused-ring (bicyclic) bond motifs is 1. The van der Waals surface area contributed by atoms with Crippen molar-refractivity contribution in [2.75, 3.05) is 18.4 Å². The highest BCUT2D eigenvalue weighted by molar-refractivity contribution is 6.03. The van der Waals surface area contributed by atoms with E-state index >= 15 is 0 Å². The number of hydrogen-bond donors (Lipinski definition) is 1. The highest BCUT2D eigenvalue weighted by atomic mass is 19.3. The van der Waals surface area contributed by atoms with E-state index in [1.165, 1.54) is 43.5 Å². The molecular formula is C26H26F2N6O2. The molecule has 1 fully saturated rings. The van der Waals surface area contributed by atoms with E-state index in [9.17, 15) is 13.6 Å². The molecule has 0 aliphatic carbocycles. The van der Waals surface area contributed by atoms with Crippen LogP contribution in [0.1, 0.15) is 35.3 Å². The average molecular weight is 493 g/mol. The maximum absolute atomic E-state index is 12.6. The van der Waals surface area contributed by atoms with Crippen LogP contribution in [0.5, 0.6) is 5.75 Å². The second kappa shape index (κ2) is 10.4. The molecule has 10 heteroatoms. The number of benzene rings is 2. The number of aromatic nitrogens is 4. The van der Waals surface area contributed by atoms with Gasteiger partial charge in [0.05, 0.1) is 17.4 Å². The molecule has 2 aromatic heterocycles. The Labute approximate surface area is 206 Å². The number of carbonyl (C=O) groups is 1. The number of nitrogens with zero attached hydrogens (tertiary/aromatic N) is 5. The number of aryl methyl sites for hydroxylation is 1. The number of alkyl halides is 2. The van der Waals surface area contributed by atoms with Crippen LogP contribution in [0.4, 0.5) is 14.7 Å². The number of hydrogen-bond acceptors (Lipinski definition) is 6. The van der Waals surface area contributed by atoms with Crippen molar-refractivity contribution in [3.05, 3.63) is 66.1 Å². The van der Waals surface area contributed by atoms with Gasteiger partial charge in [0.1, 0.15) is 5.75 Å². The normalized spacial score (nSPS) is 14.3. The van der Waals surface area contributed by atoms with Crippen molar-refractivity contribution in [1.82, 2.24) is 24.6 Å². The summed E-state index contributed by atoms with van der Waals surface area (Å²) in [5.41, 5.74) is 4.16. The third-order valence-corrected chi connectivity index (χ3v) is 6.34. The molecule has 186 valence electrons. The third-order valence-electron chi connectivity index (χ3n) is 6.34. The Morgan fingerprint density at radius 1 is 1.08 bits per heavy atom. The van der Waals surface area contributed by atoms with Crippen LogP contribution in [0.25, 0.3) is 22.0 Å². The van der Waals surface area contributed by atoms with Gasteiger partial charge in [-0.3, -0.25) is 19.7 Å². The Balaban J connectivity index is 1.36. The highest BCUT2D eigenvalue weighted by Crippen LogP contribution is 2.28. The first-order chi connectivity index (χ1) is 17.5. The van der Waals surface area contributed by atoms with Gasteiger partial charge in [-0.15, -0.1) is 0 Å². The summed E-state index contributed by atoms with van der Waals surface area (Å²) in [4.78, 5) is 23.9. The number of piperidine rings is 1. The maximum Gasteiger partial charge on any atom is 0.387 e. The minimum absolute atomic E-state index is 0.0221. The van der Waals surface area contributed by atoms with Gasteiger partial charge in [0.2, 0.25) is 5.95 Å². The minimum atomic E-state index is -2.92. The lowest BCUT2D eigenvalue weighted by Gasteiger charge is -2.26. The van der Waals surface area contributed by atoms with E-state index in [1.54, 1.807) is 6.20 Å². The summed E-state index contributed by atoms with van der Waals surface area (Å²) in [6.45, 7) is 0.116. The molecule has 0 atom stereocenters. The van der Waals surface area contributed by atoms with Gasteiger partial charge in [-0.1, -0.05) is 18.6 Å². The number of likely N-dealkylation sites (tertiary alicyclic amines) is 1. The largest absolute Gasteiger partial charge is 0.435 e. The molecule has 1 aliphatic rings. The molecule has 0 bridgehead atoms. The topological polar surface area (TPSA) is 85.2 Å². The van der Waals surface area contributed by atoms with Crippen LogP contribution in [0.2, 0.25) is 0 Å². The molecule has 36 heavy (non-hydrogen) atoms. The molecule has 1 N–H and O–H groups in total. The van der Waals surface area contributed by atoms with Gasteiger partial charge < -0.3 is 4.74 Å². The highest BCUT2D eigenvalue weighted by Gasteiger charge is 2.17. The predicted octanol–water partition coefficient (Wildman–Crippen LogP) is 4.87. The van der Waals surface area contributed by atoms with Crippen molar-refractivity contribution < 1.29 is 18.3 Å². The Hall–Kier alpha value is -3.92. The molecule has 1 saturated heterocycles. The molecular weight excluding hydrogens is 466 g/mol. The summed E-state index contributed by atoms with van der Waals surface area (Å²) >= 11 is 0. The fourth-order valence-corrected chi connectivity index (χ4v) is 4.43. The zero-order chi connectivity index (χ0) is 25.1. The van der Waals surface area contributed by atoms with Crippen LogP contribution in [-0.4, -0.2) is 50.3 Å². The number of carbonyl (C=O) groups excluding carboxylic acids is 1. The SMILES string of the molecule is Cn1ncc(-c2ccc3cnc(NC(=O)c4ccc(OC(F)F)cc4)nc3c2)c1CN1CCCCC1. The van der Waals surface area contributed by atoms with Crippen molar-refractivity contribution >= 4 is 22.8 Å². The summed E-state index contributed by atoms with van der Waals surface area (Å²) < 4.78 is 30.9. The zero-order valence-corrected chi connectivity index (χ0v) is 19.8. The van der Waals surface area contributed by atoms with Gasteiger partial charge in [-0.05, 0) is 61.8 Å². The molecule has 3 heterocycles. The Kier molecular flexibility index (Phi) is 6.86.